The number of aryl methyl sites for hydroxylation is 2. The molecule has 28 heavy (non-hydrogen) atoms. The van der Waals surface area contributed by atoms with Crippen LogP contribution in [0, 0.1) is 6.92 Å². The Bertz CT molecular complexity index is 1120. The minimum absolute atomic E-state index is 0.00714. The summed E-state index contributed by atoms with van der Waals surface area (Å²) in [6, 6.07) is 9.62. The number of hydrogen-bond donors (Lipinski definition) is 0. The van der Waals surface area contributed by atoms with E-state index in [1.165, 1.54) is 0 Å². The normalized spacial score (nSPS) is 21.0. The molecule has 1 amide bonds. The van der Waals surface area contributed by atoms with Gasteiger partial charge in [-0.25, -0.2) is 4.98 Å². The number of hydrogen-bond acceptors (Lipinski definition) is 4. The summed E-state index contributed by atoms with van der Waals surface area (Å²) in [6.07, 6.45) is 4.74. The predicted octanol–water partition coefficient (Wildman–Crippen LogP) is 1.91. The number of para-hydroxylation sites is 1. The molecule has 2 bridgehead atoms. The van der Waals surface area contributed by atoms with E-state index in [0.29, 0.717) is 31.3 Å². The molecule has 2 aromatic heterocycles. The molecule has 0 spiro atoms. The van der Waals surface area contributed by atoms with Crippen molar-refractivity contribution < 1.29 is 4.79 Å². The largest absolute Gasteiger partial charge is 0.334 e. The van der Waals surface area contributed by atoms with E-state index in [-0.39, 0.29) is 23.6 Å². The van der Waals surface area contributed by atoms with Crippen molar-refractivity contribution in [3.8, 4) is 0 Å². The van der Waals surface area contributed by atoms with Gasteiger partial charge in [-0.3, -0.25) is 18.8 Å². The number of nitrogens with zero attached hydrogens (tertiary/aromatic N) is 5. The lowest BCUT2D eigenvalue weighted by atomic mass is 10.1. The van der Waals surface area contributed by atoms with E-state index in [1.54, 1.807) is 10.8 Å². The summed E-state index contributed by atoms with van der Waals surface area (Å²) >= 11 is 0. The van der Waals surface area contributed by atoms with Crippen molar-refractivity contribution in [2.45, 2.75) is 57.8 Å². The molecule has 144 valence electrons. The number of benzene rings is 1. The van der Waals surface area contributed by atoms with E-state index in [4.69, 9.17) is 4.98 Å². The lowest BCUT2D eigenvalue weighted by Gasteiger charge is -2.28. The molecule has 7 heteroatoms. The molecule has 7 nitrogen and oxygen atoms in total. The van der Waals surface area contributed by atoms with Gasteiger partial charge in [-0.15, -0.1) is 0 Å². The minimum atomic E-state index is 0.00714. The van der Waals surface area contributed by atoms with Crippen LogP contribution < -0.4 is 5.56 Å². The van der Waals surface area contributed by atoms with Crippen molar-refractivity contribution in [2.75, 3.05) is 0 Å². The lowest BCUT2D eigenvalue weighted by molar-refractivity contribution is -0.134. The van der Waals surface area contributed by atoms with Gasteiger partial charge in [-0.2, -0.15) is 5.10 Å². The predicted molar refractivity (Wildman–Crippen MR) is 105 cm³/mol. The Morgan fingerprint density at radius 1 is 1.18 bits per heavy atom. The van der Waals surface area contributed by atoms with Gasteiger partial charge in [0.25, 0.3) is 5.56 Å². The van der Waals surface area contributed by atoms with Crippen molar-refractivity contribution in [1.82, 2.24) is 24.2 Å². The number of aromatic nitrogens is 4. The van der Waals surface area contributed by atoms with Crippen molar-refractivity contribution in [2.24, 2.45) is 0 Å². The topological polar surface area (TPSA) is 73.0 Å². The first-order chi connectivity index (χ1) is 13.6. The Morgan fingerprint density at radius 3 is 2.82 bits per heavy atom. The molecular weight excluding hydrogens is 354 g/mol. The summed E-state index contributed by atoms with van der Waals surface area (Å²) in [4.78, 5) is 32.9. The van der Waals surface area contributed by atoms with Crippen molar-refractivity contribution in [3.63, 3.8) is 0 Å². The van der Waals surface area contributed by atoms with E-state index in [2.05, 4.69) is 5.10 Å². The molecule has 0 N–H and O–H groups in total. The Labute approximate surface area is 162 Å². The summed E-state index contributed by atoms with van der Waals surface area (Å²) in [5.74, 6) is 0.949. The molecule has 1 saturated heterocycles. The van der Waals surface area contributed by atoms with Gasteiger partial charge >= 0.3 is 0 Å². The number of fused-ring (bicyclic) bond motifs is 4. The molecule has 5 rings (SSSR count). The highest BCUT2D eigenvalue weighted by Gasteiger charge is 2.40. The monoisotopic (exact) mass is 377 g/mol. The maximum atomic E-state index is 13.1. The zero-order valence-corrected chi connectivity index (χ0v) is 15.9. The van der Waals surface area contributed by atoms with Gasteiger partial charge in [-0.05, 0) is 38.0 Å². The van der Waals surface area contributed by atoms with Crippen LogP contribution in [0.5, 0.6) is 0 Å². The summed E-state index contributed by atoms with van der Waals surface area (Å²) in [7, 11) is 0. The van der Waals surface area contributed by atoms with Gasteiger partial charge in [-0.1, -0.05) is 12.1 Å². The van der Waals surface area contributed by atoms with Gasteiger partial charge in [0.2, 0.25) is 5.91 Å². The fourth-order valence-electron chi connectivity index (χ4n) is 4.69. The van der Waals surface area contributed by atoms with Gasteiger partial charge in [0, 0.05) is 43.9 Å². The maximum Gasteiger partial charge on any atom is 0.261 e. The van der Waals surface area contributed by atoms with Crippen LogP contribution in [0.2, 0.25) is 0 Å². The van der Waals surface area contributed by atoms with Crippen LogP contribution in [0.1, 0.15) is 30.8 Å². The van der Waals surface area contributed by atoms with Crippen LogP contribution in [-0.2, 0) is 24.3 Å². The third kappa shape index (κ3) is 2.73. The number of amides is 1. The highest BCUT2D eigenvalue weighted by Crippen LogP contribution is 2.31. The Kier molecular flexibility index (Phi) is 4.03. The third-order valence-electron chi connectivity index (χ3n) is 6.13. The molecule has 2 aliphatic rings. The number of carbonyl (C=O) groups is 1. The van der Waals surface area contributed by atoms with Crippen molar-refractivity contribution in [3.05, 3.63) is 58.4 Å². The molecule has 4 heterocycles. The second-order valence-corrected chi connectivity index (χ2v) is 7.80. The third-order valence-corrected chi connectivity index (χ3v) is 6.13. The number of rotatable bonds is 3. The average molecular weight is 377 g/mol. The Balaban J connectivity index is 1.43. The van der Waals surface area contributed by atoms with E-state index in [9.17, 15) is 9.59 Å². The standard InChI is InChI=1S/C21H23N5O2/c1-14-8-10-22-25(14)11-9-20(27)26-15-6-7-16(26)13-24-19(12-15)23-18-5-3-2-4-17(18)21(24)28/h2-5,8,10,15-16H,6-7,9,11-13H2,1H3. The Hall–Kier alpha value is -2.96. The molecule has 0 aliphatic carbocycles. The molecule has 1 aromatic carbocycles. The molecule has 2 unspecified atom stereocenters. The molecule has 1 fully saturated rings. The first-order valence-electron chi connectivity index (χ1n) is 9.90. The van der Waals surface area contributed by atoms with Crippen LogP contribution in [0.15, 0.2) is 41.3 Å². The van der Waals surface area contributed by atoms with Gasteiger partial charge in [0.05, 0.1) is 16.9 Å². The minimum Gasteiger partial charge on any atom is -0.334 e. The molecule has 2 atom stereocenters. The van der Waals surface area contributed by atoms with E-state index < -0.39 is 0 Å². The van der Waals surface area contributed by atoms with Crippen molar-refractivity contribution in [1.29, 1.82) is 0 Å². The molecule has 2 aliphatic heterocycles. The van der Waals surface area contributed by atoms with Crippen LogP contribution in [0.4, 0.5) is 0 Å². The summed E-state index contributed by atoms with van der Waals surface area (Å²) in [5.41, 5.74) is 1.80. The second-order valence-electron chi connectivity index (χ2n) is 7.80. The van der Waals surface area contributed by atoms with Crippen LogP contribution in [-0.4, -0.2) is 42.2 Å². The van der Waals surface area contributed by atoms with Crippen LogP contribution in [0.3, 0.4) is 0 Å². The first kappa shape index (κ1) is 17.2. The highest BCUT2D eigenvalue weighted by molar-refractivity contribution is 5.78. The fraction of sp³-hybridized carbons (Fsp3) is 0.429. The quantitative estimate of drug-likeness (QED) is 0.699. The zero-order valence-electron chi connectivity index (χ0n) is 15.9. The van der Waals surface area contributed by atoms with Gasteiger partial charge in [0.15, 0.2) is 0 Å². The average Bonchev–Trinajstić information content (AvgIpc) is 3.23. The van der Waals surface area contributed by atoms with Crippen LogP contribution >= 0.6 is 0 Å². The zero-order chi connectivity index (χ0) is 19.3. The molecule has 0 radical (unpaired) electrons. The second kappa shape index (κ2) is 6.58. The van der Waals surface area contributed by atoms with E-state index in [1.807, 2.05) is 46.8 Å². The SMILES string of the molecule is Cc1ccnn1CCC(=O)N1C2CCC1Cn1c(nc3ccccc3c1=O)C2. The van der Waals surface area contributed by atoms with E-state index >= 15 is 0 Å². The summed E-state index contributed by atoms with van der Waals surface area (Å²) in [6.45, 7) is 3.12. The molecule has 0 saturated carbocycles. The van der Waals surface area contributed by atoms with Crippen molar-refractivity contribution >= 4 is 16.8 Å². The van der Waals surface area contributed by atoms with Crippen LogP contribution in [0.25, 0.3) is 10.9 Å². The molecular formula is C21H23N5O2. The highest BCUT2D eigenvalue weighted by atomic mass is 16.2. The lowest BCUT2D eigenvalue weighted by Crippen LogP contribution is -2.42. The first-order valence-corrected chi connectivity index (χ1v) is 9.90. The van der Waals surface area contributed by atoms with Gasteiger partial charge < -0.3 is 4.90 Å². The smallest absolute Gasteiger partial charge is 0.261 e. The van der Waals surface area contributed by atoms with Gasteiger partial charge in [0.1, 0.15) is 5.82 Å². The number of carbonyl (C=O) groups excluding carboxylic acids is 1. The summed E-state index contributed by atoms with van der Waals surface area (Å²) in [5, 5.41) is 4.92. The fourth-order valence-corrected chi connectivity index (χ4v) is 4.69. The summed E-state index contributed by atoms with van der Waals surface area (Å²) < 4.78 is 3.66. The maximum absolute atomic E-state index is 13.1. The molecule has 3 aromatic rings. The van der Waals surface area contributed by atoms with E-state index in [0.717, 1.165) is 29.9 Å². The Morgan fingerprint density at radius 2 is 2.00 bits per heavy atom.